The molecule has 2 amide bonds. The van der Waals surface area contributed by atoms with Crippen molar-refractivity contribution in [2.24, 2.45) is 0 Å². The number of carbonyl (C=O) groups is 2. The number of dihydropyridines is 1. The van der Waals surface area contributed by atoms with Crippen LogP contribution in [0.1, 0.15) is 29.5 Å². The molecule has 0 bridgehead atoms. The number of hydrogen-bond acceptors (Lipinski definition) is 5. The van der Waals surface area contributed by atoms with E-state index >= 15 is 0 Å². The van der Waals surface area contributed by atoms with E-state index in [4.69, 9.17) is 0 Å². The van der Waals surface area contributed by atoms with Crippen molar-refractivity contribution in [1.29, 1.82) is 5.26 Å². The molecule has 1 atom stereocenters. The fourth-order valence-electron chi connectivity index (χ4n) is 4.24. The maximum atomic E-state index is 13.4. The van der Waals surface area contributed by atoms with Crippen molar-refractivity contribution in [3.8, 4) is 6.07 Å². The molecule has 0 fully saturated rings. The van der Waals surface area contributed by atoms with Gasteiger partial charge >= 0.3 is 0 Å². The Morgan fingerprint density at radius 2 is 1.59 bits per heavy atom. The van der Waals surface area contributed by atoms with E-state index in [1.807, 2.05) is 99.6 Å². The van der Waals surface area contributed by atoms with Crippen LogP contribution in [-0.4, -0.2) is 17.6 Å². The summed E-state index contributed by atoms with van der Waals surface area (Å²) in [6, 6.07) is 26.8. The first-order valence-electron chi connectivity index (χ1n) is 11.9. The number of rotatable bonds is 7. The Labute approximate surface area is 221 Å². The molecule has 6 nitrogen and oxygen atoms in total. The van der Waals surface area contributed by atoms with E-state index in [1.54, 1.807) is 0 Å². The molecule has 0 spiro atoms. The van der Waals surface area contributed by atoms with Gasteiger partial charge in [-0.05, 0) is 55.7 Å². The molecular formula is C30H28N4O2S. The Morgan fingerprint density at radius 3 is 2.27 bits per heavy atom. The number of carbonyl (C=O) groups excluding carboxylic acids is 2. The summed E-state index contributed by atoms with van der Waals surface area (Å²) in [6.07, 6.45) is 0. The number of nitrogens with zero attached hydrogens (tertiary/aromatic N) is 1. The number of benzene rings is 3. The summed E-state index contributed by atoms with van der Waals surface area (Å²) in [4.78, 5) is 26.2. The lowest BCUT2D eigenvalue weighted by molar-refractivity contribution is -0.114. The Balaban J connectivity index is 1.61. The summed E-state index contributed by atoms with van der Waals surface area (Å²) in [5.74, 6) is -0.910. The third-order valence-corrected chi connectivity index (χ3v) is 7.30. The first kappa shape index (κ1) is 25.8. The first-order chi connectivity index (χ1) is 17.9. The molecule has 7 heteroatoms. The minimum Gasteiger partial charge on any atom is -0.353 e. The van der Waals surface area contributed by atoms with Gasteiger partial charge in [-0.3, -0.25) is 9.59 Å². The van der Waals surface area contributed by atoms with E-state index < -0.39 is 5.92 Å². The highest BCUT2D eigenvalue weighted by atomic mass is 32.2. The van der Waals surface area contributed by atoms with Crippen LogP contribution in [-0.2, 0) is 9.59 Å². The smallest absolute Gasteiger partial charge is 0.254 e. The number of nitriles is 1. The van der Waals surface area contributed by atoms with Crippen molar-refractivity contribution in [1.82, 2.24) is 5.32 Å². The Kier molecular flexibility index (Phi) is 8.11. The molecule has 1 aliphatic rings. The van der Waals surface area contributed by atoms with Crippen LogP contribution in [0.3, 0.4) is 0 Å². The van der Waals surface area contributed by atoms with Gasteiger partial charge in [-0.1, -0.05) is 72.4 Å². The monoisotopic (exact) mass is 508 g/mol. The summed E-state index contributed by atoms with van der Waals surface area (Å²) >= 11 is 1.26. The van der Waals surface area contributed by atoms with Gasteiger partial charge in [-0.25, -0.2) is 0 Å². The van der Waals surface area contributed by atoms with Crippen LogP contribution in [0.2, 0.25) is 0 Å². The number of nitrogens with one attached hydrogen (secondary N) is 3. The van der Waals surface area contributed by atoms with Gasteiger partial charge in [0, 0.05) is 22.6 Å². The van der Waals surface area contributed by atoms with E-state index in [0.29, 0.717) is 27.6 Å². The molecule has 4 rings (SSSR count). The standard InChI is InChI=1S/C30H28N4O2S/c1-19-11-10-16-25(20(19)2)34-26(35)18-37-30-24(17-31)28(22-12-6-4-7-13-22)27(21(3)32-30)29(36)33-23-14-8-5-9-15-23/h4-16,28,32H,18H2,1-3H3,(H,33,36)(H,34,35)/t28-/m0/s1. The summed E-state index contributed by atoms with van der Waals surface area (Å²) < 4.78 is 0. The molecule has 3 aromatic rings. The summed E-state index contributed by atoms with van der Waals surface area (Å²) in [5.41, 5.74) is 5.90. The molecule has 1 heterocycles. The van der Waals surface area contributed by atoms with Crippen LogP contribution in [0.4, 0.5) is 11.4 Å². The fraction of sp³-hybridized carbons (Fsp3) is 0.167. The zero-order valence-electron chi connectivity index (χ0n) is 21.0. The van der Waals surface area contributed by atoms with E-state index in [9.17, 15) is 14.9 Å². The van der Waals surface area contributed by atoms with Crippen LogP contribution in [0.15, 0.2) is 101 Å². The van der Waals surface area contributed by atoms with Crippen LogP contribution < -0.4 is 16.0 Å². The highest BCUT2D eigenvalue weighted by Crippen LogP contribution is 2.41. The number of aryl methyl sites for hydroxylation is 1. The van der Waals surface area contributed by atoms with Crippen molar-refractivity contribution in [2.45, 2.75) is 26.7 Å². The summed E-state index contributed by atoms with van der Waals surface area (Å²) in [5, 5.41) is 19.9. The van der Waals surface area contributed by atoms with E-state index in [0.717, 1.165) is 22.4 Å². The maximum absolute atomic E-state index is 13.4. The molecule has 186 valence electrons. The number of thioether (sulfide) groups is 1. The lowest BCUT2D eigenvalue weighted by Crippen LogP contribution is -2.31. The van der Waals surface area contributed by atoms with Gasteiger partial charge in [0.05, 0.1) is 28.3 Å². The van der Waals surface area contributed by atoms with Gasteiger partial charge in [0.15, 0.2) is 0 Å². The molecule has 0 aromatic heterocycles. The van der Waals surface area contributed by atoms with Gasteiger partial charge < -0.3 is 16.0 Å². The number of amides is 2. The molecule has 0 radical (unpaired) electrons. The molecule has 0 unspecified atom stereocenters. The molecular weight excluding hydrogens is 480 g/mol. The zero-order valence-corrected chi connectivity index (χ0v) is 21.8. The van der Waals surface area contributed by atoms with Crippen LogP contribution >= 0.6 is 11.8 Å². The van der Waals surface area contributed by atoms with Gasteiger partial charge in [-0.2, -0.15) is 5.26 Å². The largest absolute Gasteiger partial charge is 0.353 e. The number of para-hydroxylation sites is 1. The Bertz CT molecular complexity index is 1420. The van der Waals surface area contributed by atoms with Crippen LogP contribution in [0.25, 0.3) is 0 Å². The Hall–Kier alpha value is -4.28. The first-order valence-corrected chi connectivity index (χ1v) is 12.9. The van der Waals surface area contributed by atoms with E-state index in [1.165, 1.54) is 11.8 Å². The minimum absolute atomic E-state index is 0.112. The second-order valence-electron chi connectivity index (χ2n) is 8.77. The van der Waals surface area contributed by atoms with Crippen molar-refractivity contribution < 1.29 is 9.59 Å². The molecule has 0 saturated heterocycles. The van der Waals surface area contributed by atoms with Crippen LogP contribution in [0.5, 0.6) is 0 Å². The van der Waals surface area contributed by atoms with Crippen LogP contribution in [0, 0.1) is 25.2 Å². The molecule has 3 N–H and O–H groups in total. The normalized spacial score (nSPS) is 15.0. The van der Waals surface area contributed by atoms with E-state index in [2.05, 4.69) is 22.0 Å². The Morgan fingerprint density at radius 1 is 0.919 bits per heavy atom. The van der Waals surface area contributed by atoms with Crippen molar-refractivity contribution in [2.75, 3.05) is 16.4 Å². The van der Waals surface area contributed by atoms with Gasteiger partial charge in [-0.15, -0.1) is 0 Å². The quantitative estimate of drug-likeness (QED) is 0.363. The highest BCUT2D eigenvalue weighted by Gasteiger charge is 2.34. The predicted octanol–water partition coefficient (Wildman–Crippen LogP) is 6.01. The number of allylic oxidation sites excluding steroid dienone is 2. The average Bonchev–Trinajstić information content (AvgIpc) is 2.90. The molecule has 3 aromatic carbocycles. The lowest BCUT2D eigenvalue weighted by Gasteiger charge is -2.30. The molecule has 0 saturated carbocycles. The highest BCUT2D eigenvalue weighted by molar-refractivity contribution is 8.03. The van der Waals surface area contributed by atoms with Crippen molar-refractivity contribution >= 4 is 35.0 Å². The SMILES string of the molecule is CC1=C(C(=O)Nc2ccccc2)[C@@H](c2ccccc2)C(C#N)=C(SCC(=O)Nc2cccc(C)c2C)N1. The lowest BCUT2D eigenvalue weighted by atomic mass is 9.82. The van der Waals surface area contributed by atoms with Crippen molar-refractivity contribution in [3.05, 3.63) is 117 Å². The number of hydrogen-bond donors (Lipinski definition) is 3. The summed E-state index contributed by atoms with van der Waals surface area (Å²) in [7, 11) is 0. The maximum Gasteiger partial charge on any atom is 0.254 e. The predicted molar refractivity (Wildman–Crippen MR) is 150 cm³/mol. The summed E-state index contributed by atoms with van der Waals surface area (Å²) in [6.45, 7) is 5.79. The molecule has 37 heavy (non-hydrogen) atoms. The van der Waals surface area contributed by atoms with Gasteiger partial charge in [0.2, 0.25) is 5.91 Å². The molecule has 1 aliphatic heterocycles. The second kappa shape index (κ2) is 11.6. The number of anilines is 2. The molecule has 0 aliphatic carbocycles. The minimum atomic E-state index is -0.569. The third kappa shape index (κ3) is 5.93. The van der Waals surface area contributed by atoms with Crippen molar-refractivity contribution in [3.63, 3.8) is 0 Å². The van der Waals surface area contributed by atoms with Gasteiger partial charge in [0.25, 0.3) is 5.91 Å². The third-order valence-electron chi connectivity index (χ3n) is 6.28. The fourth-order valence-corrected chi connectivity index (χ4v) is 5.13. The van der Waals surface area contributed by atoms with E-state index in [-0.39, 0.29) is 17.6 Å². The topological polar surface area (TPSA) is 94.0 Å². The van der Waals surface area contributed by atoms with Gasteiger partial charge in [0.1, 0.15) is 0 Å². The zero-order chi connectivity index (χ0) is 26.4. The average molecular weight is 509 g/mol. The second-order valence-corrected chi connectivity index (χ2v) is 9.75.